The molecule has 0 heterocycles. The molecule has 1 aromatic carbocycles. The van der Waals surface area contributed by atoms with Crippen molar-refractivity contribution in [3.63, 3.8) is 0 Å². The lowest BCUT2D eigenvalue weighted by Gasteiger charge is -2.04. The van der Waals surface area contributed by atoms with E-state index in [1.54, 1.807) is 13.2 Å². The summed E-state index contributed by atoms with van der Waals surface area (Å²) in [5.41, 5.74) is -0.271. The number of ether oxygens (including phenoxy) is 1. The van der Waals surface area contributed by atoms with Crippen molar-refractivity contribution in [2.24, 2.45) is 0 Å². The van der Waals surface area contributed by atoms with E-state index in [2.05, 4.69) is 0 Å². The monoisotopic (exact) mass is 258 g/mol. The van der Waals surface area contributed by atoms with Crippen LogP contribution in [0.3, 0.4) is 0 Å². The van der Waals surface area contributed by atoms with Crippen LogP contribution in [0, 0.1) is 5.82 Å². The van der Waals surface area contributed by atoms with Crippen LogP contribution in [0.2, 0.25) is 0 Å². The molecule has 0 aliphatic carbocycles. The fourth-order valence-electron chi connectivity index (χ4n) is 1.30. The summed E-state index contributed by atoms with van der Waals surface area (Å²) in [5, 5.41) is 8.77. The van der Waals surface area contributed by atoms with E-state index in [-0.39, 0.29) is 5.56 Å². The zero-order valence-corrected chi connectivity index (χ0v) is 10.4. The number of carboxylic acids is 1. The third-order valence-corrected chi connectivity index (χ3v) is 3.26. The Morgan fingerprint density at radius 1 is 1.47 bits per heavy atom. The van der Waals surface area contributed by atoms with E-state index in [9.17, 15) is 9.18 Å². The molecular formula is C12H15FO3S. The standard InChI is InChI=1S/C12H15FO3S/c1-16-6-2-3-7-17-9-4-5-11(13)10(8-9)12(14)15/h4-5,8H,2-3,6-7H2,1H3,(H,14,15). The predicted octanol–water partition coefficient (Wildman–Crippen LogP) is 3.04. The Labute approximate surface area is 104 Å². The van der Waals surface area contributed by atoms with Gasteiger partial charge in [0.25, 0.3) is 0 Å². The van der Waals surface area contributed by atoms with E-state index in [0.29, 0.717) is 0 Å². The number of methoxy groups -OCH3 is 1. The average Bonchev–Trinajstić information content (AvgIpc) is 2.30. The smallest absolute Gasteiger partial charge is 0.338 e. The first kappa shape index (κ1) is 14.0. The number of unbranched alkanes of at least 4 members (excludes halogenated alkanes) is 1. The lowest BCUT2D eigenvalue weighted by molar-refractivity contribution is 0.0691. The van der Waals surface area contributed by atoms with Crippen molar-refractivity contribution < 1.29 is 19.0 Å². The molecule has 0 aliphatic heterocycles. The van der Waals surface area contributed by atoms with Gasteiger partial charge in [-0.05, 0) is 36.8 Å². The normalized spacial score (nSPS) is 10.5. The number of benzene rings is 1. The Bertz CT molecular complexity index is 382. The van der Waals surface area contributed by atoms with Crippen LogP contribution in [-0.2, 0) is 4.74 Å². The molecule has 0 unspecified atom stereocenters. The molecule has 0 atom stereocenters. The molecule has 0 radical (unpaired) electrons. The quantitative estimate of drug-likeness (QED) is 0.603. The van der Waals surface area contributed by atoms with Gasteiger partial charge in [-0.25, -0.2) is 9.18 Å². The number of thioether (sulfide) groups is 1. The van der Waals surface area contributed by atoms with Gasteiger partial charge < -0.3 is 9.84 Å². The van der Waals surface area contributed by atoms with Crippen molar-refractivity contribution in [2.75, 3.05) is 19.5 Å². The summed E-state index contributed by atoms with van der Waals surface area (Å²) in [4.78, 5) is 11.5. The van der Waals surface area contributed by atoms with Crippen LogP contribution in [0.4, 0.5) is 4.39 Å². The minimum absolute atomic E-state index is 0.271. The second-order valence-corrected chi connectivity index (χ2v) is 4.66. The molecule has 5 heteroatoms. The SMILES string of the molecule is COCCCCSc1ccc(F)c(C(=O)O)c1. The van der Waals surface area contributed by atoms with Gasteiger partial charge in [0.05, 0.1) is 5.56 Å². The average molecular weight is 258 g/mol. The lowest BCUT2D eigenvalue weighted by atomic mass is 10.2. The second-order valence-electron chi connectivity index (χ2n) is 3.50. The second kappa shape index (κ2) is 7.29. The first-order valence-electron chi connectivity index (χ1n) is 5.29. The maximum atomic E-state index is 13.1. The molecule has 0 fully saturated rings. The van der Waals surface area contributed by atoms with Crippen LogP contribution in [0.25, 0.3) is 0 Å². The molecular weight excluding hydrogens is 243 g/mol. The number of aromatic carboxylic acids is 1. The van der Waals surface area contributed by atoms with Gasteiger partial charge in [0.15, 0.2) is 0 Å². The highest BCUT2D eigenvalue weighted by Gasteiger charge is 2.10. The largest absolute Gasteiger partial charge is 0.478 e. The van der Waals surface area contributed by atoms with Gasteiger partial charge in [0.1, 0.15) is 5.82 Å². The highest BCUT2D eigenvalue weighted by atomic mass is 32.2. The predicted molar refractivity (Wildman–Crippen MR) is 65.2 cm³/mol. The van der Waals surface area contributed by atoms with Crippen LogP contribution < -0.4 is 0 Å². The van der Waals surface area contributed by atoms with Crippen LogP contribution in [0.1, 0.15) is 23.2 Å². The molecule has 0 saturated carbocycles. The highest BCUT2D eigenvalue weighted by molar-refractivity contribution is 7.99. The summed E-state index contributed by atoms with van der Waals surface area (Å²) >= 11 is 1.53. The number of carbonyl (C=O) groups is 1. The Kier molecular flexibility index (Phi) is 6.00. The molecule has 0 spiro atoms. The number of carboxylic acid groups (broad SMARTS) is 1. The zero-order valence-electron chi connectivity index (χ0n) is 9.61. The highest BCUT2D eigenvalue weighted by Crippen LogP contribution is 2.22. The van der Waals surface area contributed by atoms with Crippen molar-refractivity contribution in [1.82, 2.24) is 0 Å². The maximum Gasteiger partial charge on any atom is 0.338 e. The van der Waals surface area contributed by atoms with Gasteiger partial charge in [0, 0.05) is 18.6 Å². The van der Waals surface area contributed by atoms with E-state index in [1.807, 2.05) is 0 Å². The van der Waals surface area contributed by atoms with Gasteiger partial charge in [-0.2, -0.15) is 0 Å². The Balaban J connectivity index is 2.49. The summed E-state index contributed by atoms with van der Waals surface area (Å²) in [6, 6.07) is 4.17. The van der Waals surface area contributed by atoms with E-state index in [4.69, 9.17) is 9.84 Å². The van der Waals surface area contributed by atoms with Crippen molar-refractivity contribution in [1.29, 1.82) is 0 Å². The summed E-state index contributed by atoms with van der Waals surface area (Å²) in [6.45, 7) is 0.727. The molecule has 94 valence electrons. The summed E-state index contributed by atoms with van der Waals surface area (Å²) in [5.74, 6) is -1.06. The molecule has 0 aliphatic rings. The van der Waals surface area contributed by atoms with Crippen molar-refractivity contribution in [2.45, 2.75) is 17.7 Å². The Morgan fingerprint density at radius 2 is 2.24 bits per heavy atom. The van der Waals surface area contributed by atoms with Gasteiger partial charge >= 0.3 is 5.97 Å². The van der Waals surface area contributed by atoms with Crippen molar-refractivity contribution in [3.8, 4) is 0 Å². The topological polar surface area (TPSA) is 46.5 Å². The minimum Gasteiger partial charge on any atom is -0.478 e. The molecule has 17 heavy (non-hydrogen) atoms. The molecule has 0 amide bonds. The summed E-state index contributed by atoms with van der Waals surface area (Å²) in [7, 11) is 1.66. The van der Waals surface area contributed by atoms with Gasteiger partial charge in [-0.15, -0.1) is 11.8 Å². The summed E-state index contributed by atoms with van der Waals surface area (Å²) in [6.07, 6.45) is 1.95. The molecule has 0 bridgehead atoms. The van der Waals surface area contributed by atoms with E-state index in [1.165, 1.54) is 23.9 Å². The van der Waals surface area contributed by atoms with Gasteiger partial charge in [-0.1, -0.05) is 0 Å². The fourth-order valence-corrected chi connectivity index (χ4v) is 2.25. The molecule has 0 saturated heterocycles. The van der Waals surface area contributed by atoms with Crippen LogP contribution in [-0.4, -0.2) is 30.5 Å². The number of hydrogen-bond donors (Lipinski definition) is 1. The van der Waals surface area contributed by atoms with Gasteiger partial charge in [0.2, 0.25) is 0 Å². The van der Waals surface area contributed by atoms with E-state index < -0.39 is 11.8 Å². The number of hydrogen-bond acceptors (Lipinski definition) is 3. The van der Waals surface area contributed by atoms with Crippen molar-refractivity contribution >= 4 is 17.7 Å². The van der Waals surface area contributed by atoms with Crippen molar-refractivity contribution in [3.05, 3.63) is 29.6 Å². The van der Waals surface area contributed by atoms with Crippen LogP contribution >= 0.6 is 11.8 Å². The molecule has 1 N–H and O–H groups in total. The van der Waals surface area contributed by atoms with E-state index in [0.717, 1.165) is 30.1 Å². The van der Waals surface area contributed by atoms with E-state index >= 15 is 0 Å². The van der Waals surface area contributed by atoms with Crippen LogP contribution in [0.15, 0.2) is 23.1 Å². The Hall–Kier alpha value is -1.07. The first-order valence-corrected chi connectivity index (χ1v) is 6.28. The summed E-state index contributed by atoms with van der Waals surface area (Å²) < 4.78 is 18.0. The molecule has 0 aromatic heterocycles. The van der Waals surface area contributed by atoms with Gasteiger partial charge in [-0.3, -0.25) is 0 Å². The number of rotatable bonds is 7. The lowest BCUT2D eigenvalue weighted by Crippen LogP contribution is -2.00. The molecule has 1 aromatic rings. The first-order chi connectivity index (χ1) is 8.15. The third-order valence-electron chi connectivity index (χ3n) is 2.18. The Morgan fingerprint density at radius 3 is 2.88 bits per heavy atom. The maximum absolute atomic E-state index is 13.1. The van der Waals surface area contributed by atoms with Crippen LogP contribution in [0.5, 0.6) is 0 Å². The zero-order chi connectivity index (χ0) is 12.7. The molecule has 3 nitrogen and oxygen atoms in total. The number of halogens is 1. The minimum atomic E-state index is -1.23. The third kappa shape index (κ3) is 4.75. The molecule has 1 rings (SSSR count). The fraction of sp³-hybridized carbons (Fsp3) is 0.417.